The Balaban J connectivity index is 1.81. The van der Waals surface area contributed by atoms with E-state index in [-0.39, 0.29) is 35.6 Å². The third-order valence-corrected chi connectivity index (χ3v) is 5.43. The van der Waals surface area contributed by atoms with Gasteiger partial charge in [0.2, 0.25) is 0 Å². The highest BCUT2D eigenvalue weighted by Crippen LogP contribution is 2.38. The molecule has 0 saturated carbocycles. The van der Waals surface area contributed by atoms with Crippen LogP contribution < -0.4 is 10.5 Å². The van der Waals surface area contributed by atoms with Crippen LogP contribution >= 0.6 is 0 Å². The smallest absolute Gasteiger partial charge is 0.340 e. The van der Waals surface area contributed by atoms with Crippen LogP contribution in [0.4, 0.5) is 5.69 Å². The number of carbonyl (C=O) groups excluding carboxylic acids is 1. The van der Waals surface area contributed by atoms with Crippen molar-refractivity contribution in [1.29, 1.82) is 0 Å². The maximum Gasteiger partial charge on any atom is 0.340 e. The number of rotatable bonds is 12. The van der Waals surface area contributed by atoms with Crippen LogP contribution in [0.5, 0.6) is 5.75 Å². The highest BCUT2D eigenvalue weighted by Gasteiger charge is 2.27. The first-order valence-corrected chi connectivity index (χ1v) is 11.6. The minimum atomic E-state index is -0.659. The van der Waals surface area contributed by atoms with Crippen molar-refractivity contribution in [3.8, 4) is 16.9 Å². The second-order valence-electron chi connectivity index (χ2n) is 9.04. The molecule has 2 N–H and O–H groups in total. The monoisotopic (exact) mass is 477 g/mol. The number of hydrogen-bond acceptors (Lipinski definition) is 7. The summed E-state index contributed by atoms with van der Waals surface area (Å²) in [5.41, 5.74) is 7.00. The zero-order valence-electron chi connectivity index (χ0n) is 20.1. The Morgan fingerprint density at radius 2 is 1.74 bits per heavy atom. The summed E-state index contributed by atoms with van der Waals surface area (Å²) in [6, 6.07) is 16.5. The van der Waals surface area contributed by atoms with E-state index in [0.29, 0.717) is 17.7 Å². The Kier molecular flexibility index (Phi) is 8.92. The number of pyridine rings is 1. The summed E-state index contributed by atoms with van der Waals surface area (Å²) in [7, 11) is 0. The van der Waals surface area contributed by atoms with Gasteiger partial charge in [-0.3, -0.25) is 15.1 Å². The van der Waals surface area contributed by atoms with Crippen LogP contribution in [0.1, 0.15) is 55.5 Å². The largest absolute Gasteiger partial charge is 0.488 e. The predicted octanol–water partition coefficient (Wildman–Crippen LogP) is 5.69. The average Bonchev–Trinajstić information content (AvgIpc) is 2.84. The quantitative estimate of drug-likeness (QED) is 0.154. The predicted molar refractivity (Wildman–Crippen MR) is 134 cm³/mol. The molecular weight excluding hydrogens is 446 g/mol. The first kappa shape index (κ1) is 25.8. The van der Waals surface area contributed by atoms with E-state index < -0.39 is 10.9 Å². The van der Waals surface area contributed by atoms with Crippen LogP contribution in [0.25, 0.3) is 11.1 Å². The number of nitrogens with two attached hydrogens (primary N) is 1. The lowest BCUT2D eigenvalue weighted by Gasteiger charge is -2.17. The van der Waals surface area contributed by atoms with Gasteiger partial charge in [-0.25, -0.2) is 4.79 Å². The topological polar surface area (TPSA) is 118 Å². The van der Waals surface area contributed by atoms with Crippen LogP contribution in [0, 0.1) is 10.1 Å². The standard InChI is InChI=1S/C27H31N3O5/c1-27(2,28)15-9-4-10-16-34-26(31)22-17-29-18-23(30(32)33)25(22)21-13-7-8-14-24(21)35-19-20-11-5-3-6-12-20/h3,5-8,11-14,17-18H,4,9-10,15-16,19,28H2,1-2H3. The molecular formula is C27H31N3O5. The molecule has 0 radical (unpaired) electrons. The summed E-state index contributed by atoms with van der Waals surface area (Å²) in [6.07, 6.45) is 5.78. The molecule has 184 valence electrons. The SMILES string of the molecule is CC(C)(N)CCCCCOC(=O)c1cncc([N+](=O)[O-])c1-c1ccccc1OCc1ccccc1. The lowest BCUT2D eigenvalue weighted by Crippen LogP contribution is -2.31. The minimum absolute atomic E-state index is 0.0260. The molecule has 8 heteroatoms. The Hall–Kier alpha value is -3.78. The first-order chi connectivity index (χ1) is 16.8. The number of hydrogen-bond donors (Lipinski definition) is 1. The van der Waals surface area contributed by atoms with Gasteiger partial charge < -0.3 is 15.2 Å². The number of aromatic nitrogens is 1. The fourth-order valence-electron chi connectivity index (χ4n) is 3.66. The molecule has 0 fully saturated rings. The molecule has 1 aromatic heterocycles. The van der Waals surface area contributed by atoms with Crippen molar-refractivity contribution < 1.29 is 19.2 Å². The fourth-order valence-corrected chi connectivity index (χ4v) is 3.66. The second kappa shape index (κ2) is 12.1. The number of unbranched alkanes of at least 4 members (excludes halogenated alkanes) is 2. The molecule has 0 unspecified atom stereocenters. The van der Waals surface area contributed by atoms with Gasteiger partial charge in [-0.1, -0.05) is 55.0 Å². The Labute approximate surface area is 205 Å². The summed E-state index contributed by atoms with van der Waals surface area (Å²) in [5, 5.41) is 11.8. The van der Waals surface area contributed by atoms with E-state index in [0.717, 1.165) is 31.0 Å². The van der Waals surface area contributed by atoms with Gasteiger partial charge in [0.15, 0.2) is 0 Å². The molecule has 0 saturated heterocycles. The van der Waals surface area contributed by atoms with Crippen molar-refractivity contribution in [1.82, 2.24) is 4.98 Å². The number of carbonyl (C=O) groups is 1. The van der Waals surface area contributed by atoms with E-state index in [9.17, 15) is 14.9 Å². The van der Waals surface area contributed by atoms with Gasteiger partial charge >= 0.3 is 5.97 Å². The summed E-state index contributed by atoms with van der Waals surface area (Å²) >= 11 is 0. The van der Waals surface area contributed by atoms with Gasteiger partial charge in [0.25, 0.3) is 5.69 Å². The molecule has 0 aliphatic rings. The van der Waals surface area contributed by atoms with Crippen molar-refractivity contribution in [2.75, 3.05) is 6.61 Å². The molecule has 1 heterocycles. The molecule has 8 nitrogen and oxygen atoms in total. The summed E-state index contributed by atoms with van der Waals surface area (Å²) in [5.74, 6) is -0.239. The van der Waals surface area contributed by atoms with E-state index in [1.807, 2.05) is 44.2 Å². The maximum atomic E-state index is 13.0. The lowest BCUT2D eigenvalue weighted by atomic mass is 9.98. The van der Waals surface area contributed by atoms with Gasteiger partial charge in [-0.15, -0.1) is 0 Å². The van der Waals surface area contributed by atoms with Gasteiger partial charge in [-0.2, -0.15) is 0 Å². The highest BCUT2D eigenvalue weighted by molar-refractivity contribution is 6.00. The molecule has 2 aromatic carbocycles. The van der Waals surface area contributed by atoms with E-state index in [1.165, 1.54) is 6.20 Å². The number of ether oxygens (including phenoxy) is 2. The van der Waals surface area contributed by atoms with Crippen molar-refractivity contribution >= 4 is 11.7 Å². The van der Waals surface area contributed by atoms with Crippen molar-refractivity contribution in [3.63, 3.8) is 0 Å². The first-order valence-electron chi connectivity index (χ1n) is 11.6. The average molecular weight is 478 g/mol. The highest BCUT2D eigenvalue weighted by atomic mass is 16.6. The molecule has 0 amide bonds. The fraction of sp³-hybridized carbons (Fsp3) is 0.333. The lowest BCUT2D eigenvalue weighted by molar-refractivity contribution is -0.384. The van der Waals surface area contributed by atoms with Crippen LogP contribution in [-0.4, -0.2) is 28.0 Å². The van der Waals surface area contributed by atoms with Gasteiger partial charge in [0, 0.05) is 17.3 Å². The van der Waals surface area contributed by atoms with Crippen molar-refractivity contribution in [3.05, 3.63) is 88.2 Å². The summed E-state index contributed by atoms with van der Waals surface area (Å²) < 4.78 is 11.4. The Morgan fingerprint density at radius 1 is 1.03 bits per heavy atom. The second-order valence-corrected chi connectivity index (χ2v) is 9.04. The molecule has 3 aromatic rings. The van der Waals surface area contributed by atoms with Gasteiger partial charge in [0.05, 0.1) is 22.7 Å². The third kappa shape index (κ3) is 7.61. The molecule has 0 spiro atoms. The van der Waals surface area contributed by atoms with Gasteiger partial charge in [-0.05, 0) is 44.7 Å². The van der Waals surface area contributed by atoms with Crippen LogP contribution in [0.15, 0.2) is 67.0 Å². The van der Waals surface area contributed by atoms with E-state index in [2.05, 4.69) is 4.98 Å². The normalized spacial score (nSPS) is 11.2. The number of benzene rings is 2. The van der Waals surface area contributed by atoms with Crippen molar-refractivity contribution in [2.45, 2.75) is 51.7 Å². The zero-order valence-corrected chi connectivity index (χ0v) is 20.1. The molecule has 0 aliphatic carbocycles. The number of esters is 1. The van der Waals surface area contributed by atoms with E-state index in [1.54, 1.807) is 24.3 Å². The number of nitro groups is 1. The third-order valence-electron chi connectivity index (χ3n) is 5.43. The minimum Gasteiger partial charge on any atom is -0.488 e. The van der Waals surface area contributed by atoms with Gasteiger partial charge in [0.1, 0.15) is 18.6 Å². The van der Waals surface area contributed by atoms with Crippen LogP contribution in [0.3, 0.4) is 0 Å². The summed E-state index contributed by atoms with van der Waals surface area (Å²) in [4.78, 5) is 28.2. The molecule has 0 atom stereocenters. The van der Waals surface area contributed by atoms with Crippen molar-refractivity contribution in [2.24, 2.45) is 5.73 Å². The number of nitrogens with zero attached hydrogens (tertiary/aromatic N) is 2. The Bertz CT molecular complexity index is 1140. The molecule has 0 bridgehead atoms. The molecule has 3 rings (SSSR count). The van der Waals surface area contributed by atoms with Crippen LogP contribution in [-0.2, 0) is 11.3 Å². The number of para-hydroxylation sites is 1. The maximum absolute atomic E-state index is 13.0. The van der Waals surface area contributed by atoms with E-state index in [4.69, 9.17) is 15.2 Å². The van der Waals surface area contributed by atoms with Crippen LogP contribution in [0.2, 0.25) is 0 Å². The molecule has 0 aliphatic heterocycles. The summed E-state index contributed by atoms with van der Waals surface area (Å²) in [6.45, 7) is 4.44. The van der Waals surface area contributed by atoms with E-state index >= 15 is 0 Å². The molecule has 35 heavy (non-hydrogen) atoms. The Morgan fingerprint density at radius 3 is 2.46 bits per heavy atom. The zero-order chi connectivity index (χ0) is 25.3.